The number of carbonyl (C=O) groups is 1. The van der Waals surface area contributed by atoms with Gasteiger partial charge in [-0.15, -0.1) is 13.2 Å². The van der Waals surface area contributed by atoms with Crippen molar-refractivity contribution in [2.75, 3.05) is 20.7 Å². The Morgan fingerprint density at radius 1 is 1.24 bits per heavy atom. The maximum Gasteiger partial charge on any atom is 0.354 e. The van der Waals surface area contributed by atoms with Crippen molar-refractivity contribution in [1.29, 1.82) is 0 Å². The first-order valence-corrected chi connectivity index (χ1v) is 8.46. The molecule has 1 aromatic rings. The van der Waals surface area contributed by atoms with Crippen LogP contribution in [0, 0.1) is 6.92 Å². The molecule has 0 bridgehead atoms. The lowest BCUT2D eigenvalue weighted by molar-refractivity contribution is -0.140. The maximum absolute atomic E-state index is 11.9. The molecule has 0 unspecified atom stereocenters. The van der Waals surface area contributed by atoms with Gasteiger partial charge in [0.15, 0.2) is 0 Å². The highest BCUT2D eigenvalue weighted by Gasteiger charge is 2.23. The van der Waals surface area contributed by atoms with E-state index in [4.69, 9.17) is 4.74 Å². The normalized spacial score (nSPS) is 14.8. The molecule has 1 aromatic carbocycles. The van der Waals surface area contributed by atoms with Gasteiger partial charge in [0.25, 0.3) is 0 Å². The molecule has 1 heterocycles. The van der Waals surface area contributed by atoms with Gasteiger partial charge in [0.1, 0.15) is 5.70 Å². The molecule has 1 N–H and O–H groups in total. The zero-order valence-corrected chi connectivity index (χ0v) is 16.1. The van der Waals surface area contributed by atoms with Crippen molar-refractivity contribution in [2.24, 2.45) is 0 Å². The summed E-state index contributed by atoms with van der Waals surface area (Å²) in [6, 6.07) is 8.58. The number of allylic oxidation sites excluding steroid dienone is 2. The Balaban J connectivity index is 0.00000151. The van der Waals surface area contributed by atoms with E-state index in [1.54, 1.807) is 7.05 Å². The highest BCUT2D eigenvalue weighted by molar-refractivity contribution is 5.90. The number of hydrogen-bond donors (Lipinski definition) is 1. The molecule has 25 heavy (non-hydrogen) atoms. The van der Waals surface area contributed by atoms with Crippen LogP contribution in [0.4, 0.5) is 0 Å². The first kappa shape index (κ1) is 20.6. The van der Waals surface area contributed by atoms with E-state index in [0.29, 0.717) is 12.3 Å². The topological polar surface area (TPSA) is 41.6 Å². The molecule has 0 aliphatic carbocycles. The van der Waals surface area contributed by atoms with Gasteiger partial charge in [-0.1, -0.05) is 29.8 Å². The molecule has 0 saturated carbocycles. The predicted octanol–water partition coefficient (Wildman–Crippen LogP) is 3.94. The quantitative estimate of drug-likeness (QED) is 0.650. The number of rotatable bonds is 5. The molecule has 4 heteroatoms. The summed E-state index contributed by atoms with van der Waals surface area (Å²) in [7, 11) is 3.85. The monoisotopic (exact) mass is 342 g/mol. The van der Waals surface area contributed by atoms with E-state index in [1.165, 1.54) is 16.8 Å². The minimum Gasteiger partial charge on any atom is -0.461 e. The van der Waals surface area contributed by atoms with Gasteiger partial charge in [-0.2, -0.15) is 0 Å². The van der Waals surface area contributed by atoms with Crippen molar-refractivity contribution in [3.05, 3.63) is 71.1 Å². The van der Waals surface area contributed by atoms with Gasteiger partial charge < -0.3 is 15.0 Å². The number of likely N-dealkylation sites (N-methyl/N-ethyl adjacent to an activating group) is 1. The molecule has 0 amide bonds. The Kier molecular flexibility index (Phi) is 7.99. The Labute approximate surface area is 151 Å². The van der Waals surface area contributed by atoms with Crippen LogP contribution < -0.4 is 5.32 Å². The number of esters is 1. The van der Waals surface area contributed by atoms with Gasteiger partial charge in [-0.05, 0) is 37.5 Å². The number of ether oxygens (including phenoxy) is 1. The summed E-state index contributed by atoms with van der Waals surface area (Å²) in [6.07, 6.45) is 0.753. The molecule has 0 spiro atoms. The van der Waals surface area contributed by atoms with E-state index in [-0.39, 0.29) is 5.97 Å². The van der Waals surface area contributed by atoms with Crippen LogP contribution in [-0.2, 0) is 16.1 Å². The number of hydrogen-bond acceptors (Lipinski definition) is 4. The Hall–Kier alpha value is -2.49. The third kappa shape index (κ3) is 5.24. The summed E-state index contributed by atoms with van der Waals surface area (Å²) in [5, 5.41) is 2.99. The Morgan fingerprint density at radius 2 is 1.84 bits per heavy atom. The van der Waals surface area contributed by atoms with Crippen LogP contribution in [0.1, 0.15) is 31.4 Å². The van der Waals surface area contributed by atoms with Gasteiger partial charge in [0, 0.05) is 32.8 Å². The SMILES string of the molecule is C=C.CNC1=C(/C(C)=C(\C)N(C)Cc2ccc(C)cc2)CCOC1=O. The highest BCUT2D eigenvalue weighted by Crippen LogP contribution is 2.26. The smallest absolute Gasteiger partial charge is 0.354 e. The summed E-state index contributed by atoms with van der Waals surface area (Å²) >= 11 is 0. The van der Waals surface area contributed by atoms with Gasteiger partial charge in [-0.25, -0.2) is 4.79 Å². The van der Waals surface area contributed by atoms with Crippen molar-refractivity contribution in [1.82, 2.24) is 10.2 Å². The van der Waals surface area contributed by atoms with Crippen LogP contribution in [-0.4, -0.2) is 31.6 Å². The van der Waals surface area contributed by atoms with Crippen molar-refractivity contribution in [3.63, 3.8) is 0 Å². The molecule has 0 fully saturated rings. The third-order valence-electron chi connectivity index (χ3n) is 4.45. The number of cyclic esters (lactones) is 1. The van der Waals surface area contributed by atoms with Crippen molar-refractivity contribution in [2.45, 2.75) is 33.7 Å². The number of aryl methyl sites for hydroxylation is 1. The molecule has 0 radical (unpaired) electrons. The first-order valence-electron chi connectivity index (χ1n) is 8.46. The fourth-order valence-electron chi connectivity index (χ4n) is 2.78. The molecule has 0 atom stereocenters. The van der Waals surface area contributed by atoms with E-state index in [2.05, 4.69) is 75.5 Å². The summed E-state index contributed by atoms with van der Waals surface area (Å²) in [5.41, 5.74) is 6.48. The molecular weight excluding hydrogens is 312 g/mol. The van der Waals surface area contributed by atoms with Crippen LogP contribution in [0.25, 0.3) is 0 Å². The zero-order chi connectivity index (χ0) is 19.0. The van der Waals surface area contributed by atoms with Gasteiger partial charge >= 0.3 is 5.97 Å². The lowest BCUT2D eigenvalue weighted by Gasteiger charge is -2.26. The number of nitrogens with zero attached hydrogens (tertiary/aromatic N) is 1. The summed E-state index contributed by atoms with van der Waals surface area (Å²) in [4.78, 5) is 14.1. The molecule has 1 aliphatic heterocycles. The van der Waals surface area contributed by atoms with E-state index in [9.17, 15) is 4.79 Å². The van der Waals surface area contributed by atoms with E-state index in [1.807, 2.05) is 0 Å². The fourth-order valence-corrected chi connectivity index (χ4v) is 2.78. The van der Waals surface area contributed by atoms with Crippen LogP contribution >= 0.6 is 0 Å². The number of nitrogens with one attached hydrogen (secondary N) is 1. The minimum atomic E-state index is -0.262. The van der Waals surface area contributed by atoms with Gasteiger partial charge in [0.2, 0.25) is 0 Å². The van der Waals surface area contributed by atoms with E-state index < -0.39 is 0 Å². The molecule has 1 aliphatic rings. The lowest BCUT2D eigenvalue weighted by Crippen LogP contribution is -2.27. The average molecular weight is 342 g/mol. The molecule has 136 valence electrons. The molecule has 0 aromatic heterocycles. The van der Waals surface area contributed by atoms with E-state index in [0.717, 1.165) is 24.1 Å². The second kappa shape index (κ2) is 9.72. The van der Waals surface area contributed by atoms with Crippen molar-refractivity contribution >= 4 is 5.97 Å². The zero-order valence-electron chi connectivity index (χ0n) is 16.1. The van der Waals surface area contributed by atoms with Crippen molar-refractivity contribution in [3.8, 4) is 0 Å². The van der Waals surface area contributed by atoms with Gasteiger partial charge in [0.05, 0.1) is 6.61 Å². The van der Waals surface area contributed by atoms with Crippen LogP contribution in [0.15, 0.2) is 60.0 Å². The fraction of sp³-hybridized carbons (Fsp3) is 0.381. The second-order valence-corrected chi connectivity index (χ2v) is 6.04. The maximum atomic E-state index is 11.9. The Bertz CT molecular complexity index is 657. The van der Waals surface area contributed by atoms with E-state index >= 15 is 0 Å². The van der Waals surface area contributed by atoms with Crippen LogP contribution in [0.2, 0.25) is 0 Å². The average Bonchev–Trinajstić information content (AvgIpc) is 2.63. The predicted molar refractivity (Wildman–Crippen MR) is 104 cm³/mol. The van der Waals surface area contributed by atoms with Crippen LogP contribution in [0.3, 0.4) is 0 Å². The Morgan fingerprint density at radius 3 is 2.40 bits per heavy atom. The first-order chi connectivity index (χ1) is 11.9. The largest absolute Gasteiger partial charge is 0.461 e. The minimum absolute atomic E-state index is 0.262. The summed E-state index contributed by atoms with van der Waals surface area (Å²) in [6.45, 7) is 13.6. The molecule has 4 nitrogen and oxygen atoms in total. The van der Waals surface area contributed by atoms with Crippen LogP contribution in [0.5, 0.6) is 0 Å². The molecular formula is C21H30N2O2. The van der Waals surface area contributed by atoms with Crippen molar-refractivity contribution < 1.29 is 9.53 Å². The number of carbonyl (C=O) groups excluding carboxylic acids is 1. The lowest BCUT2D eigenvalue weighted by atomic mass is 9.98. The summed E-state index contributed by atoms with van der Waals surface area (Å²) in [5.74, 6) is -0.262. The van der Waals surface area contributed by atoms with Gasteiger partial charge in [-0.3, -0.25) is 0 Å². The standard InChI is InChI=1S/C19H26N2O2.C2H4/c1-13-6-8-16(9-7-13)12-21(5)15(3)14(2)17-10-11-23-19(22)18(17)20-4;1-2/h6-9,20H,10-12H2,1-5H3;1-2H2/b15-14+;. The third-order valence-corrected chi connectivity index (χ3v) is 4.45. The molecule has 0 saturated heterocycles. The second-order valence-electron chi connectivity index (χ2n) is 6.04. The highest BCUT2D eigenvalue weighted by atomic mass is 16.5. The summed E-state index contributed by atoms with van der Waals surface area (Å²) < 4.78 is 5.11. The molecule has 2 rings (SSSR count). The number of benzene rings is 1.